The highest BCUT2D eigenvalue weighted by Gasteiger charge is 2.34. The van der Waals surface area contributed by atoms with Gasteiger partial charge in [-0.2, -0.15) is 0 Å². The Morgan fingerprint density at radius 1 is 1.58 bits per heavy atom. The smallest absolute Gasteiger partial charge is 0.106 e. The van der Waals surface area contributed by atoms with Crippen LogP contribution in [0.2, 0.25) is 0 Å². The first-order chi connectivity index (χ1) is 5.69. The van der Waals surface area contributed by atoms with Crippen LogP contribution in [0.1, 0.15) is 26.7 Å². The van der Waals surface area contributed by atoms with Gasteiger partial charge in [0.1, 0.15) is 6.10 Å². The SMILES string of the molecule is CC[C@H]1C[C@H](OC)[C@@H](O)[C@H](C)O1. The monoisotopic (exact) mass is 174 g/mol. The van der Waals surface area contributed by atoms with Gasteiger partial charge in [-0.05, 0) is 13.3 Å². The quantitative estimate of drug-likeness (QED) is 0.677. The van der Waals surface area contributed by atoms with Gasteiger partial charge in [0.05, 0.1) is 18.3 Å². The van der Waals surface area contributed by atoms with Crippen molar-refractivity contribution in [3.8, 4) is 0 Å². The van der Waals surface area contributed by atoms with Crippen LogP contribution in [-0.2, 0) is 9.47 Å². The van der Waals surface area contributed by atoms with E-state index in [1.54, 1.807) is 7.11 Å². The van der Waals surface area contributed by atoms with Crippen LogP contribution in [0.3, 0.4) is 0 Å². The highest BCUT2D eigenvalue weighted by atomic mass is 16.5. The first-order valence-corrected chi connectivity index (χ1v) is 4.55. The molecule has 3 heteroatoms. The lowest BCUT2D eigenvalue weighted by atomic mass is 9.97. The zero-order valence-electron chi connectivity index (χ0n) is 7.99. The molecule has 0 bridgehead atoms. The van der Waals surface area contributed by atoms with Gasteiger partial charge < -0.3 is 14.6 Å². The predicted octanol–water partition coefficient (Wildman–Crippen LogP) is 0.950. The molecule has 0 amide bonds. The molecule has 0 aromatic carbocycles. The molecule has 4 atom stereocenters. The van der Waals surface area contributed by atoms with Crippen LogP contribution in [0.4, 0.5) is 0 Å². The van der Waals surface area contributed by atoms with Gasteiger partial charge in [0, 0.05) is 13.5 Å². The van der Waals surface area contributed by atoms with Crippen LogP contribution in [0.15, 0.2) is 0 Å². The van der Waals surface area contributed by atoms with Crippen molar-refractivity contribution in [1.82, 2.24) is 0 Å². The number of rotatable bonds is 2. The summed E-state index contributed by atoms with van der Waals surface area (Å²) in [7, 11) is 1.64. The van der Waals surface area contributed by atoms with Gasteiger partial charge >= 0.3 is 0 Å². The summed E-state index contributed by atoms with van der Waals surface area (Å²) in [6.07, 6.45) is 1.40. The van der Waals surface area contributed by atoms with Gasteiger partial charge in [-0.1, -0.05) is 6.92 Å². The van der Waals surface area contributed by atoms with Gasteiger partial charge in [-0.25, -0.2) is 0 Å². The molecule has 0 aromatic rings. The van der Waals surface area contributed by atoms with E-state index in [1.165, 1.54) is 0 Å². The second-order valence-corrected chi connectivity index (χ2v) is 3.37. The average molecular weight is 174 g/mol. The fourth-order valence-electron chi connectivity index (χ4n) is 1.64. The lowest BCUT2D eigenvalue weighted by molar-refractivity contribution is -0.170. The summed E-state index contributed by atoms with van der Waals surface area (Å²) < 4.78 is 10.7. The Labute approximate surface area is 73.7 Å². The molecule has 1 N–H and O–H groups in total. The second-order valence-electron chi connectivity index (χ2n) is 3.37. The van der Waals surface area contributed by atoms with E-state index in [0.717, 1.165) is 12.8 Å². The normalized spacial score (nSPS) is 43.0. The molecule has 0 aromatic heterocycles. The molecule has 3 nitrogen and oxygen atoms in total. The Kier molecular flexibility index (Phi) is 3.50. The van der Waals surface area contributed by atoms with Crippen molar-refractivity contribution < 1.29 is 14.6 Å². The first-order valence-electron chi connectivity index (χ1n) is 4.55. The van der Waals surface area contributed by atoms with Crippen molar-refractivity contribution in [1.29, 1.82) is 0 Å². The molecule has 1 aliphatic heterocycles. The molecule has 1 aliphatic rings. The summed E-state index contributed by atoms with van der Waals surface area (Å²) >= 11 is 0. The minimum atomic E-state index is -0.474. The van der Waals surface area contributed by atoms with Crippen molar-refractivity contribution in [2.24, 2.45) is 0 Å². The molecule has 0 saturated carbocycles. The highest BCUT2D eigenvalue weighted by molar-refractivity contribution is 4.83. The fourth-order valence-corrected chi connectivity index (χ4v) is 1.64. The minimum absolute atomic E-state index is 0.0568. The maximum absolute atomic E-state index is 9.60. The Hall–Kier alpha value is -0.120. The molecule has 1 fully saturated rings. The lowest BCUT2D eigenvalue weighted by Gasteiger charge is -2.36. The third-order valence-corrected chi connectivity index (χ3v) is 2.52. The number of hydrogen-bond donors (Lipinski definition) is 1. The van der Waals surface area contributed by atoms with Crippen molar-refractivity contribution in [2.45, 2.75) is 51.1 Å². The van der Waals surface area contributed by atoms with E-state index in [4.69, 9.17) is 9.47 Å². The van der Waals surface area contributed by atoms with Crippen molar-refractivity contribution in [2.75, 3.05) is 7.11 Å². The molecular weight excluding hydrogens is 156 g/mol. The zero-order chi connectivity index (χ0) is 9.14. The molecule has 72 valence electrons. The average Bonchev–Trinajstić information content (AvgIpc) is 2.09. The van der Waals surface area contributed by atoms with Gasteiger partial charge in [-0.15, -0.1) is 0 Å². The largest absolute Gasteiger partial charge is 0.388 e. The van der Waals surface area contributed by atoms with E-state index in [2.05, 4.69) is 6.92 Å². The Morgan fingerprint density at radius 3 is 2.75 bits per heavy atom. The van der Waals surface area contributed by atoms with Crippen molar-refractivity contribution in [3.63, 3.8) is 0 Å². The Balaban J connectivity index is 2.52. The maximum Gasteiger partial charge on any atom is 0.106 e. The molecule has 0 aliphatic carbocycles. The standard InChI is InChI=1S/C9H18O3/c1-4-7-5-8(11-3)9(10)6(2)12-7/h6-10H,4-5H2,1-3H3/t6-,7-,8-,9-/m0/s1. The van der Waals surface area contributed by atoms with Crippen LogP contribution in [0, 0.1) is 0 Å². The lowest BCUT2D eigenvalue weighted by Crippen LogP contribution is -2.47. The van der Waals surface area contributed by atoms with E-state index in [1.807, 2.05) is 6.92 Å². The number of aliphatic hydroxyl groups is 1. The third kappa shape index (κ3) is 1.97. The number of methoxy groups -OCH3 is 1. The summed E-state index contributed by atoms with van der Waals surface area (Å²) in [6.45, 7) is 3.97. The second kappa shape index (κ2) is 4.21. The van der Waals surface area contributed by atoms with Crippen molar-refractivity contribution >= 4 is 0 Å². The Morgan fingerprint density at radius 2 is 2.25 bits per heavy atom. The first kappa shape index (κ1) is 9.96. The highest BCUT2D eigenvalue weighted by Crippen LogP contribution is 2.23. The molecule has 0 unspecified atom stereocenters. The van der Waals surface area contributed by atoms with Gasteiger partial charge in [-0.3, -0.25) is 0 Å². The zero-order valence-corrected chi connectivity index (χ0v) is 7.99. The summed E-state index contributed by atoms with van der Waals surface area (Å²) in [5.41, 5.74) is 0. The summed E-state index contributed by atoms with van der Waals surface area (Å²) in [5, 5.41) is 9.60. The van der Waals surface area contributed by atoms with Crippen LogP contribution in [-0.4, -0.2) is 36.6 Å². The molecule has 1 heterocycles. The predicted molar refractivity (Wildman–Crippen MR) is 46.0 cm³/mol. The van der Waals surface area contributed by atoms with E-state index in [9.17, 15) is 5.11 Å². The summed E-state index contributed by atoms with van der Waals surface area (Å²) in [5.74, 6) is 0. The molecule has 1 rings (SSSR count). The number of ether oxygens (including phenoxy) is 2. The number of aliphatic hydroxyl groups excluding tert-OH is 1. The molecule has 0 radical (unpaired) electrons. The van der Waals surface area contributed by atoms with Crippen molar-refractivity contribution in [3.05, 3.63) is 0 Å². The van der Waals surface area contributed by atoms with E-state index >= 15 is 0 Å². The molecule has 0 spiro atoms. The van der Waals surface area contributed by atoms with Gasteiger partial charge in [0.2, 0.25) is 0 Å². The van der Waals surface area contributed by atoms with E-state index in [0.29, 0.717) is 0 Å². The third-order valence-electron chi connectivity index (χ3n) is 2.52. The summed E-state index contributed by atoms with van der Waals surface area (Å²) in [6, 6.07) is 0. The number of hydrogen-bond acceptors (Lipinski definition) is 3. The minimum Gasteiger partial charge on any atom is -0.388 e. The summed E-state index contributed by atoms with van der Waals surface area (Å²) in [4.78, 5) is 0. The fraction of sp³-hybridized carbons (Fsp3) is 1.00. The molecule has 12 heavy (non-hydrogen) atoms. The Bertz CT molecular complexity index is 138. The topological polar surface area (TPSA) is 38.7 Å². The van der Waals surface area contributed by atoms with Crippen LogP contribution in [0.5, 0.6) is 0 Å². The van der Waals surface area contributed by atoms with Crippen LogP contribution in [0.25, 0.3) is 0 Å². The molecular formula is C9H18O3. The van der Waals surface area contributed by atoms with E-state index in [-0.39, 0.29) is 18.3 Å². The van der Waals surface area contributed by atoms with Crippen LogP contribution >= 0.6 is 0 Å². The van der Waals surface area contributed by atoms with Crippen LogP contribution < -0.4 is 0 Å². The van der Waals surface area contributed by atoms with Gasteiger partial charge in [0.15, 0.2) is 0 Å². The van der Waals surface area contributed by atoms with Gasteiger partial charge in [0.25, 0.3) is 0 Å². The van der Waals surface area contributed by atoms with E-state index < -0.39 is 6.10 Å². The molecule has 1 saturated heterocycles. The maximum atomic E-state index is 9.60.